The molecule has 1 aromatic rings. The van der Waals surface area contributed by atoms with Crippen molar-refractivity contribution in [2.75, 3.05) is 26.9 Å². The summed E-state index contributed by atoms with van der Waals surface area (Å²) in [6.07, 6.45) is 0. The van der Waals surface area contributed by atoms with Gasteiger partial charge in [-0.25, -0.2) is 0 Å². The van der Waals surface area contributed by atoms with E-state index in [9.17, 15) is 0 Å². The molecule has 0 aliphatic carbocycles. The molecule has 4 nitrogen and oxygen atoms in total. The van der Waals surface area contributed by atoms with E-state index in [1.54, 1.807) is 7.11 Å². The third-order valence-corrected chi connectivity index (χ3v) is 6.35. The molecule has 0 N–H and O–H groups in total. The Bertz CT molecular complexity index is 417. The minimum atomic E-state index is -2.87. The molecule has 0 bridgehead atoms. The van der Waals surface area contributed by atoms with Gasteiger partial charge in [0.15, 0.2) is 0 Å². The first-order chi connectivity index (χ1) is 9.56. The average molecular weight is 298 g/mol. The molecule has 0 heterocycles. The lowest BCUT2D eigenvalue weighted by Crippen LogP contribution is -2.57. The van der Waals surface area contributed by atoms with Crippen molar-refractivity contribution in [3.8, 4) is 5.75 Å². The first kappa shape index (κ1) is 17.2. The van der Waals surface area contributed by atoms with Gasteiger partial charge in [0.05, 0.1) is 7.11 Å². The predicted molar refractivity (Wildman–Crippen MR) is 82.7 cm³/mol. The number of rotatable bonds is 8. The first-order valence-corrected chi connectivity index (χ1v) is 8.85. The van der Waals surface area contributed by atoms with Crippen molar-refractivity contribution in [2.45, 2.75) is 34.6 Å². The molecule has 0 saturated carbocycles. The number of hydrogen-bond donors (Lipinski definition) is 0. The van der Waals surface area contributed by atoms with Crippen molar-refractivity contribution in [2.24, 2.45) is 0 Å². The number of aryl methyl sites for hydroxylation is 1. The normalized spacial score (nSPS) is 11.7. The van der Waals surface area contributed by atoms with Crippen LogP contribution >= 0.6 is 0 Å². The lowest BCUT2D eigenvalue weighted by molar-refractivity contribution is 0.0857. The summed E-state index contributed by atoms with van der Waals surface area (Å²) in [7, 11) is -1.18. The van der Waals surface area contributed by atoms with E-state index in [1.165, 1.54) is 0 Å². The van der Waals surface area contributed by atoms with Gasteiger partial charge in [-0.15, -0.1) is 0 Å². The molecular formula is C15H26O4Si. The quantitative estimate of drug-likeness (QED) is 0.691. The van der Waals surface area contributed by atoms with Crippen LogP contribution in [-0.2, 0) is 13.3 Å². The number of benzene rings is 1. The van der Waals surface area contributed by atoms with Crippen LogP contribution in [0.25, 0.3) is 0 Å². The van der Waals surface area contributed by atoms with Crippen LogP contribution in [0.5, 0.6) is 5.75 Å². The number of methoxy groups -OCH3 is 1. The monoisotopic (exact) mass is 298 g/mol. The molecule has 20 heavy (non-hydrogen) atoms. The molecule has 0 spiro atoms. The fraction of sp³-hybridized carbons (Fsp3) is 0.600. The molecule has 0 radical (unpaired) electrons. The van der Waals surface area contributed by atoms with Crippen molar-refractivity contribution in [3.05, 3.63) is 23.3 Å². The highest BCUT2D eigenvalue weighted by atomic mass is 28.4. The molecule has 0 fully saturated rings. The SMILES string of the molecule is CCO[Si](OCC)(OCC)c1ccc(C)c(OC)c1C. The third-order valence-electron chi connectivity index (χ3n) is 3.14. The Morgan fingerprint density at radius 1 is 0.900 bits per heavy atom. The lowest BCUT2D eigenvalue weighted by atomic mass is 10.1. The maximum absolute atomic E-state index is 5.96. The van der Waals surface area contributed by atoms with Gasteiger partial charge in [-0.05, 0) is 45.7 Å². The highest BCUT2D eigenvalue weighted by molar-refractivity contribution is 6.75. The van der Waals surface area contributed by atoms with Gasteiger partial charge in [0.1, 0.15) is 5.75 Å². The largest absolute Gasteiger partial charge is 0.537 e. The van der Waals surface area contributed by atoms with Crippen molar-refractivity contribution in [1.82, 2.24) is 0 Å². The number of ether oxygens (including phenoxy) is 1. The van der Waals surface area contributed by atoms with Gasteiger partial charge in [0.25, 0.3) is 0 Å². The van der Waals surface area contributed by atoms with Crippen LogP contribution in [-0.4, -0.2) is 35.7 Å². The molecule has 0 aromatic heterocycles. The summed E-state index contributed by atoms with van der Waals surface area (Å²) < 4.78 is 23.4. The van der Waals surface area contributed by atoms with E-state index in [0.29, 0.717) is 19.8 Å². The second-order valence-corrected chi connectivity index (χ2v) is 6.96. The molecule has 0 aliphatic heterocycles. The standard InChI is InChI=1S/C15H26O4Si/c1-7-17-20(18-8-2,19-9-3)14-11-10-12(4)15(16-6)13(14)5/h10-11H,7-9H2,1-6H3. The zero-order valence-corrected chi connectivity index (χ0v) is 14.4. The highest BCUT2D eigenvalue weighted by Crippen LogP contribution is 2.24. The van der Waals surface area contributed by atoms with E-state index in [2.05, 4.69) is 0 Å². The van der Waals surface area contributed by atoms with Crippen LogP contribution in [0.2, 0.25) is 0 Å². The Morgan fingerprint density at radius 3 is 1.80 bits per heavy atom. The maximum Gasteiger partial charge on any atom is 0.537 e. The Balaban J connectivity index is 3.39. The highest BCUT2D eigenvalue weighted by Gasteiger charge is 2.45. The third kappa shape index (κ3) is 3.41. The lowest BCUT2D eigenvalue weighted by Gasteiger charge is -2.30. The summed E-state index contributed by atoms with van der Waals surface area (Å²) in [5.74, 6) is 0.874. The minimum absolute atomic E-state index is 0.557. The second-order valence-electron chi connectivity index (χ2n) is 4.44. The Labute approximate surface area is 123 Å². The number of hydrogen-bond acceptors (Lipinski definition) is 4. The van der Waals surface area contributed by atoms with Crippen molar-refractivity contribution in [3.63, 3.8) is 0 Å². The summed E-state index contributed by atoms with van der Waals surface area (Å²) in [6, 6.07) is 4.07. The molecule has 5 heteroatoms. The zero-order valence-electron chi connectivity index (χ0n) is 13.4. The molecule has 0 saturated heterocycles. The summed E-state index contributed by atoms with van der Waals surface area (Å²) >= 11 is 0. The van der Waals surface area contributed by atoms with E-state index in [1.807, 2.05) is 46.8 Å². The van der Waals surface area contributed by atoms with E-state index in [0.717, 1.165) is 22.1 Å². The Hall–Kier alpha value is -0.883. The molecule has 0 aliphatic rings. The smallest absolute Gasteiger partial charge is 0.496 e. The predicted octanol–water partition coefficient (Wildman–Crippen LogP) is 2.57. The Kier molecular flexibility index (Phi) is 6.68. The summed E-state index contributed by atoms with van der Waals surface area (Å²) in [5.41, 5.74) is 2.13. The van der Waals surface area contributed by atoms with Gasteiger partial charge < -0.3 is 18.0 Å². The van der Waals surface area contributed by atoms with Gasteiger partial charge in [0.2, 0.25) is 0 Å². The van der Waals surface area contributed by atoms with Crippen LogP contribution in [0.15, 0.2) is 12.1 Å². The van der Waals surface area contributed by atoms with E-state index in [-0.39, 0.29) is 0 Å². The van der Waals surface area contributed by atoms with Crippen LogP contribution in [0.4, 0.5) is 0 Å². The maximum atomic E-state index is 5.96. The van der Waals surface area contributed by atoms with Crippen molar-refractivity contribution in [1.29, 1.82) is 0 Å². The van der Waals surface area contributed by atoms with Gasteiger partial charge in [-0.2, -0.15) is 0 Å². The Morgan fingerprint density at radius 2 is 1.40 bits per heavy atom. The molecule has 0 unspecified atom stereocenters. The van der Waals surface area contributed by atoms with Crippen LogP contribution in [0.1, 0.15) is 31.9 Å². The molecule has 1 rings (SSSR count). The van der Waals surface area contributed by atoms with Crippen LogP contribution < -0.4 is 9.92 Å². The van der Waals surface area contributed by atoms with Gasteiger partial charge in [-0.3, -0.25) is 0 Å². The van der Waals surface area contributed by atoms with E-state index in [4.69, 9.17) is 18.0 Å². The topological polar surface area (TPSA) is 36.9 Å². The van der Waals surface area contributed by atoms with Gasteiger partial charge >= 0.3 is 8.80 Å². The fourth-order valence-electron chi connectivity index (χ4n) is 2.40. The summed E-state index contributed by atoms with van der Waals surface area (Å²) in [5, 5.41) is 0.991. The first-order valence-electron chi connectivity index (χ1n) is 7.12. The molecule has 114 valence electrons. The molecule has 0 atom stereocenters. The minimum Gasteiger partial charge on any atom is -0.496 e. The van der Waals surface area contributed by atoms with Crippen molar-refractivity contribution >= 4 is 14.0 Å². The fourth-order valence-corrected chi connectivity index (χ4v) is 5.12. The van der Waals surface area contributed by atoms with Crippen molar-refractivity contribution < 1.29 is 18.0 Å². The van der Waals surface area contributed by atoms with Gasteiger partial charge in [-0.1, -0.05) is 12.1 Å². The second kappa shape index (κ2) is 7.78. The molecule has 1 aromatic carbocycles. The molecule has 0 amide bonds. The summed E-state index contributed by atoms with van der Waals surface area (Å²) in [4.78, 5) is 0. The van der Waals surface area contributed by atoms with E-state index < -0.39 is 8.80 Å². The summed E-state index contributed by atoms with van der Waals surface area (Å²) in [6.45, 7) is 11.6. The molecular weight excluding hydrogens is 272 g/mol. The van der Waals surface area contributed by atoms with Crippen LogP contribution in [0, 0.1) is 13.8 Å². The van der Waals surface area contributed by atoms with Gasteiger partial charge in [0, 0.05) is 25.0 Å². The van der Waals surface area contributed by atoms with E-state index >= 15 is 0 Å². The zero-order chi connectivity index (χ0) is 15.2. The van der Waals surface area contributed by atoms with Crippen LogP contribution in [0.3, 0.4) is 0 Å². The average Bonchev–Trinajstić information content (AvgIpc) is 2.40.